The number of hydrogen-bond donors (Lipinski definition) is 1. The van der Waals surface area contributed by atoms with Crippen LogP contribution in [0.2, 0.25) is 0 Å². The van der Waals surface area contributed by atoms with Gasteiger partial charge in [-0.2, -0.15) is 0 Å². The maximum atomic E-state index is 9.29. The Balaban J connectivity index is 1.72. The average Bonchev–Trinajstić information content (AvgIpc) is 3.03. The van der Waals surface area contributed by atoms with Crippen molar-refractivity contribution in [2.75, 3.05) is 6.61 Å². The van der Waals surface area contributed by atoms with Crippen LogP contribution in [0.1, 0.15) is 66.2 Å². The summed E-state index contributed by atoms with van der Waals surface area (Å²) in [7, 11) is 0. The molecule has 0 aromatic heterocycles. The molecule has 3 rings (SSSR count). The van der Waals surface area contributed by atoms with Crippen molar-refractivity contribution in [2.45, 2.75) is 78.4 Å². The van der Waals surface area contributed by atoms with Gasteiger partial charge in [0, 0.05) is 6.61 Å². The topological polar surface area (TPSA) is 29.5 Å². The summed E-state index contributed by atoms with van der Waals surface area (Å²) in [5, 5.41) is 9.29. The fourth-order valence-electron chi connectivity index (χ4n) is 6.62. The molecule has 1 N–H and O–H groups in total. The number of aliphatic hydroxyl groups is 1. The molecule has 0 aromatic rings. The highest BCUT2D eigenvalue weighted by Gasteiger charge is 2.62. The Morgan fingerprint density at radius 3 is 2.79 bits per heavy atom. The molecule has 0 radical (unpaired) electrons. The Morgan fingerprint density at radius 1 is 1.38 bits per heavy atom. The summed E-state index contributed by atoms with van der Waals surface area (Å²) in [6.07, 6.45) is 10.4. The third-order valence-electron chi connectivity index (χ3n) is 8.08. The van der Waals surface area contributed by atoms with Crippen LogP contribution in [0.4, 0.5) is 0 Å². The Morgan fingerprint density at radius 2 is 2.12 bits per heavy atom. The van der Waals surface area contributed by atoms with Crippen LogP contribution in [-0.4, -0.2) is 23.9 Å². The first-order valence-electron chi connectivity index (χ1n) is 10.3. The first-order valence-corrected chi connectivity index (χ1v) is 10.3. The molecule has 3 aliphatic rings. The highest BCUT2D eigenvalue weighted by molar-refractivity contribution is 5.10. The van der Waals surface area contributed by atoms with Gasteiger partial charge < -0.3 is 9.84 Å². The van der Waals surface area contributed by atoms with Crippen molar-refractivity contribution in [3.05, 3.63) is 12.7 Å². The molecule has 138 valence electrons. The smallest absolute Gasteiger partial charge is 0.0618 e. The summed E-state index contributed by atoms with van der Waals surface area (Å²) in [5.74, 6) is 4.24. The van der Waals surface area contributed by atoms with Crippen molar-refractivity contribution in [3.63, 3.8) is 0 Å². The summed E-state index contributed by atoms with van der Waals surface area (Å²) in [6, 6.07) is 0. The largest absolute Gasteiger partial charge is 0.396 e. The minimum Gasteiger partial charge on any atom is -0.396 e. The lowest BCUT2D eigenvalue weighted by Crippen LogP contribution is -2.42. The van der Waals surface area contributed by atoms with Crippen LogP contribution in [0.3, 0.4) is 0 Å². The lowest BCUT2D eigenvalue weighted by molar-refractivity contribution is -0.00621. The van der Waals surface area contributed by atoms with Gasteiger partial charge in [0.25, 0.3) is 0 Å². The lowest BCUT2D eigenvalue weighted by Gasteiger charge is -2.48. The third kappa shape index (κ3) is 2.98. The van der Waals surface area contributed by atoms with Gasteiger partial charge in [0.1, 0.15) is 0 Å². The number of fused-ring (bicyclic) bond motifs is 3. The molecular weight excluding hydrogens is 296 g/mol. The van der Waals surface area contributed by atoms with E-state index in [1.165, 1.54) is 25.7 Å². The minimum absolute atomic E-state index is 0.300. The van der Waals surface area contributed by atoms with Gasteiger partial charge in [0.15, 0.2) is 0 Å². The summed E-state index contributed by atoms with van der Waals surface area (Å²) in [5.41, 5.74) is 0.460. The second kappa shape index (κ2) is 7.11. The zero-order valence-electron chi connectivity index (χ0n) is 16.2. The molecule has 1 saturated heterocycles. The standard InChI is InChI=1S/C22H38O2/c1-6-7-17-15(3)10-11-22(5)18(17)12-20-21(22)16(4)19(24-20)9-8-14(2)13-23/h6,14-21,23H,1,7-13H2,2-5H3. The van der Waals surface area contributed by atoms with E-state index in [0.717, 1.165) is 36.5 Å². The molecule has 1 heterocycles. The van der Waals surface area contributed by atoms with Gasteiger partial charge >= 0.3 is 0 Å². The molecule has 3 fully saturated rings. The molecule has 24 heavy (non-hydrogen) atoms. The predicted molar refractivity (Wildman–Crippen MR) is 99.7 cm³/mol. The monoisotopic (exact) mass is 334 g/mol. The fourth-order valence-corrected chi connectivity index (χ4v) is 6.62. The first-order chi connectivity index (χ1) is 11.4. The summed E-state index contributed by atoms with van der Waals surface area (Å²) >= 11 is 0. The SMILES string of the molecule is C=CCC1C(C)CCC2(C)C1CC1OC(CCC(C)CO)C(C)C12. The lowest BCUT2D eigenvalue weighted by atomic mass is 9.56. The highest BCUT2D eigenvalue weighted by Crippen LogP contribution is 2.64. The predicted octanol–water partition coefficient (Wildman–Crippen LogP) is 5.06. The van der Waals surface area contributed by atoms with Gasteiger partial charge in [0.2, 0.25) is 0 Å². The van der Waals surface area contributed by atoms with Crippen molar-refractivity contribution < 1.29 is 9.84 Å². The van der Waals surface area contributed by atoms with E-state index in [4.69, 9.17) is 4.74 Å². The molecule has 9 unspecified atom stereocenters. The van der Waals surface area contributed by atoms with Gasteiger partial charge in [-0.3, -0.25) is 0 Å². The van der Waals surface area contributed by atoms with Crippen LogP contribution in [0.25, 0.3) is 0 Å². The van der Waals surface area contributed by atoms with E-state index in [2.05, 4.69) is 40.3 Å². The van der Waals surface area contributed by atoms with E-state index in [1.54, 1.807) is 0 Å². The molecule has 2 nitrogen and oxygen atoms in total. The maximum absolute atomic E-state index is 9.29. The Labute approximate surface area is 149 Å². The average molecular weight is 335 g/mol. The molecular formula is C22H38O2. The number of hydrogen-bond acceptors (Lipinski definition) is 2. The molecule has 9 atom stereocenters. The molecule has 2 heteroatoms. The van der Waals surface area contributed by atoms with E-state index in [1.807, 2.05) is 0 Å². The maximum Gasteiger partial charge on any atom is 0.0618 e. The molecule has 1 aliphatic heterocycles. The number of aliphatic hydroxyl groups excluding tert-OH is 1. The van der Waals surface area contributed by atoms with Crippen LogP contribution >= 0.6 is 0 Å². The molecule has 2 saturated carbocycles. The van der Waals surface area contributed by atoms with Gasteiger partial charge in [-0.1, -0.05) is 33.8 Å². The number of allylic oxidation sites excluding steroid dienone is 1. The normalized spacial score (nSPS) is 48.8. The van der Waals surface area contributed by atoms with E-state index in [9.17, 15) is 5.11 Å². The Kier molecular flexibility index (Phi) is 5.47. The molecule has 0 spiro atoms. The van der Waals surface area contributed by atoms with Gasteiger partial charge in [-0.15, -0.1) is 6.58 Å². The minimum atomic E-state index is 0.300. The summed E-state index contributed by atoms with van der Waals surface area (Å²) in [4.78, 5) is 0. The Hall–Kier alpha value is -0.340. The molecule has 0 amide bonds. The molecule has 0 aromatic carbocycles. The first kappa shape index (κ1) is 18.5. The van der Waals surface area contributed by atoms with Crippen molar-refractivity contribution >= 4 is 0 Å². The fraction of sp³-hybridized carbons (Fsp3) is 0.909. The van der Waals surface area contributed by atoms with Crippen LogP contribution < -0.4 is 0 Å². The highest BCUT2D eigenvalue weighted by atomic mass is 16.5. The van der Waals surface area contributed by atoms with Gasteiger partial charge in [-0.05, 0) is 79.4 Å². The summed E-state index contributed by atoms with van der Waals surface area (Å²) < 4.78 is 6.60. The van der Waals surface area contributed by atoms with E-state index in [0.29, 0.717) is 36.1 Å². The third-order valence-corrected chi connectivity index (χ3v) is 8.08. The number of rotatable bonds is 6. The zero-order chi connectivity index (χ0) is 17.5. The van der Waals surface area contributed by atoms with Gasteiger partial charge in [0.05, 0.1) is 12.2 Å². The molecule has 0 bridgehead atoms. The van der Waals surface area contributed by atoms with E-state index >= 15 is 0 Å². The van der Waals surface area contributed by atoms with Crippen LogP contribution in [0, 0.1) is 40.9 Å². The second-order valence-electron chi connectivity index (χ2n) is 9.52. The summed E-state index contributed by atoms with van der Waals surface area (Å²) in [6.45, 7) is 13.9. The van der Waals surface area contributed by atoms with Crippen molar-refractivity contribution in [1.29, 1.82) is 0 Å². The molecule has 2 aliphatic carbocycles. The second-order valence-corrected chi connectivity index (χ2v) is 9.52. The number of ether oxygens (including phenoxy) is 1. The Bertz CT molecular complexity index is 447. The van der Waals surface area contributed by atoms with Crippen molar-refractivity contribution in [1.82, 2.24) is 0 Å². The van der Waals surface area contributed by atoms with E-state index < -0.39 is 0 Å². The van der Waals surface area contributed by atoms with Gasteiger partial charge in [-0.25, -0.2) is 0 Å². The van der Waals surface area contributed by atoms with Crippen molar-refractivity contribution in [2.24, 2.45) is 40.9 Å². The van der Waals surface area contributed by atoms with E-state index in [-0.39, 0.29) is 0 Å². The van der Waals surface area contributed by atoms with Crippen LogP contribution in [0.15, 0.2) is 12.7 Å². The quantitative estimate of drug-likeness (QED) is 0.688. The van der Waals surface area contributed by atoms with Crippen LogP contribution in [-0.2, 0) is 4.74 Å². The van der Waals surface area contributed by atoms with Crippen LogP contribution in [0.5, 0.6) is 0 Å². The zero-order valence-corrected chi connectivity index (χ0v) is 16.2. The van der Waals surface area contributed by atoms with Crippen molar-refractivity contribution in [3.8, 4) is 0 Å².